The molecule has 1 aromatic rings. The Balaban J connectivity index is 1.79. The van der Waals surface area contributed by atoms with Gasteiger partial charge in [-0.2, -0.15) is 11.8 Å². The first-order valence-corrected chi connectivity index (χ1v) is 8.78. The van der Waals surface area contributed by atoms with Crippen molar-refractivity contribution in [3.8, 4) is 0 Å². The lowest BCUT2D eigenvalue weighted by Crippen LogP contribution is -2.46. The molecule has 1 aromatic carbocycles. The van der Waals surface area contributed by atoms with Crippen LogP contribution in [-0.2, 0) is 13.0 Å². The van der Waals surface area contributed by atoms with Crippen molar-refractivity contribution in [1.82, 2.24) is 4.90 Å². The van der Waals surface area contributed by atoms with Crippen LogP contribution in [0.5, 0.6) is 0 Å². The smallest absolute Gasteiger partial charge is 0.335 e. The van der Waals surface area contributed by atoms with Crippen molar-refractivity contribution in [2.24, 2.45) is 5.41 Å². The normalized spacial score (nSPS) is 25.3. The van der Waals surface area contributed by atoms with Crippen LogP contribution in [0.15, 0.2) is 18.2 Å². The monoisotopic (exact) mass is 305 g/mol. The summed E-state index contributed by atoms with van der Waals surface area (Å²) in [5, 5.41) is 9.31. The Kier molecular flexibility index (Phi) is 4.02. The largest absolute Gasteiger partial charge is 0.478 e. The van der Waals surface area contributed by atoms with Crippen LogP contribution in [0.2, 0.25) is 0 Å². The van der Waals surface area contributed by atoms with E-state index >= 15 is 0 Å². The average molecular weight is 305 g/mol. The van der Waals surface area contributed by atoms with Crippen molar-refractivity contribution in [2.45, 2.75) is 39.3 Å². The lowest BCUT2D eigenvalue weighted by molar-refractivity contribution is 0.0694. The van der Waals surface area contributed by atoms with Gasteiger partial charge in [-0.25, -0.2) is 4.79 Å². The molecule has 2 aliphatic rings. The third kappa shape index (κ3) is 3.11. The number of thioether (sulfide) groups is 1. The SMILES string of the molecule is CC1(C)CSCC(N2CCc3c(cccc3C(=O)O)C2)C1. The quantitative estimate of drug-likeness (QED) is 0.910. The number of carbonyl (C=O) groups is 1. The highest BCUT2D eigenvalue weighted by molar-refractivity contribution is 7.99. The molecule has 1 N–H and O–H groups in total. The molecule has 2 heterocycles. The molecule has 1 saturated heterocycles. The van der Waals surface area contributed by atoms with E-state index in [4.69, 9.17) is 0 Å². The summed E-state index contributed by atoms with van der Waals surface area (Å²) < 4.78 is 0. The van der Waals surface area contributed by atoms with E-state index in [0.717, 1.165) is 25.1 Å². The molecule has 3 nitrogen and oxygen atoms in total. The number of fused-ring (bicyclic) bond motifs is 1. The summed E-state index contributed by atoms with van der Waals surface area (Å²) in [6.07, 6.45) is 2.10. The molecule has 0 bridgehead atoms. The highest BCUT2D eigenvalue weighted by atomic mass is 32.2. The lowest BCUT2D eigenvalue weighted by atomic mass is 9.86. The summed E-state index contributed by atoms with van der Waals surface area (Å²) in [7, 11) is 0. The second-order valence-corrected chi connectivity index (χ2v) is 8.04. The summed E-state index contributed by atoms with van der Waals surface area (Å²) in [5.74, 6) is 1.66. The summed E-state index contributed by atoms with van der Waals surface area (Å²) in [6.45, 7) is 6.59. The maximum Gasteiger partial charge on any atom is 0.335 e. The Bertz CT molecular complexity index is 556. The maximum absolute atomic E-state index is 11.3. The number of benzene rings is 1. The molecule has 0 aromatic heterocycles. The maximum atomic E-state index is 11.3. The molecule has 1 fully saturated rings. The van der Waals surface area contributed by atoms with Gasteiger partial charge in [0.25, 0.3) is 0 Å². The van der Waals surface area contributed by atoms with Crippen LogP contribution >= 0.6 is 11.8 Å². The zero-order valence-electron chi connectivity index (χ0n) is 12.8. The Hall–Kier alpha value is -1.00. The van der Waals surface area contributed by atoms with Crippen LogP contribution in [0.3, 0.4) is 0 Å². The van der Waals surface area contributed by atoms with Crippen molar-refractivity contribution >= 4 is 17.7 Å². The molecular formula is C17H23NO2S. The van der Waals surface area contributed by atoms with E-state index in [2.05, 4.69) is 36.6 Å². The summed E-state index contributed by atoms with van der Waals surface area (Å²) in [4.78, 5) is 13.9. The minimum absolute atomic E-state index is 0.413. The van der Waals surface area contributed by atoms with Crippen LogP contribution in [0, 0.1) is 5.41 Å². The topological polar surface area (TPSA) is 40.5 Å². The molecular weight excluding hydrogens is 282 g/mol. The number of hydrogen-bond donors (Lipinski definition) is 1. The zero-order valence-corrected chi connectivity index (χ0v) is 13.6. The Morgan fingerprint density at radius 2 is 2.24 bits per heavy atom. The highest BCUT2D eigenvalue weighted by Crippen LogP contribution is 2.37. The van der Waals surface area contributed by atoms with Crippen LogP contribution in [0.25, 0.3) is 0 Å². The van der Waals surface area contributed by atoms with E-state index in [0.29, 0.717) is 17.0 Å². The third-order valence-corrected chi connectivity index (χ3v) is 6.24. The minimum Gasteiger partial charge on any atom is -0.478 e. The van der Waals surface area contributed by atoms with E-state index in [1.54, 1.807) is 6.07 Å². The van der Waals surface area contributed by atoms with Crippen LogP contribution < -0.4 is 0 Å². The molecule has 4 heteroatoms. The van der Waals surface area contributed by atoms with Crippen LogP contribution in [0.4, 0.5) is 0 Å². The number of hydrogen-bond acceptors (Lipinski definition) is 3. The standard InChI is InChI=1S/C17H23NO2S/c1-17(2)8-13(10-21-11-17)18-7-6-14-12(9-18)4-3-5-15(14)16(19)20/h3-5,13H,6-11H2,1-2H3,(H,19,20). The fourth-order valence-corrected chi connectivity index (χ4v) is 4.99. The van der Waals surface area contributed by atoms with E-state index in [1.807, 2.05) is 6.07 Å². The average Bonchev–Trinajstić information content (AvgIpc) is 2.44. The molecule has 0 amide bonds. The second-order valence-electron chi connectivity index (χ2n) is 7.01. The first-order chi connectivity index (χ1) is 9.96. The summed E-state index contributed by atoms with van der Waals surface area (Å²) in [5.41, 5.74) is 3.15. The first kappa shape index (κ1) is 14.9. The van der Waals surface area contributed by atoms with Gasteiger partial charge in [-0.15, -0.1) is 0 Å². The fraction of sp³-hybridized carbons (Fsp3) is 0.588. The molecule has 21 heavy (non-hydrogen) atoms. The van der Waals surface area contributed by atoms with Gasteiger partial charge in [-0.3, -0.25) is 4.90 Å². The molecule has 0 spiro atoms. The molecule has 3 rings (SSSR count). The molecule has 2 aliphatic heterocycles. The number of rotatable bonds is 2. The predicted octanol–water partition coefficient (Wildman–Crippen LogP) is 3.27. The van der Waals surface area contributed by atoms with Crippen molar-refractivity contribution < 1.29 is 9.90 Å². The van der Waals surface area contributed by atoms with Crippen molar-refractivity contribution in [3.63, 3.8) is 0 Å². The third-order valence-electron chi connectivity index (χ3n) is 4.63. The van der Waals surface area contributed by atoms with E-state index in [-0.39, 0.29) is 0 Å². The van der Waals surface area contributed by atoms with Gasteiger partial charge in [0.2, 0.25) is 0 Å². The van der Waals surface area contributed by atoms with Gasteiger partial charge in [0.05, 0.1) is 5.56 Å². The number of carboxylic acid groups (broad SMARTS) is 1. The zero-order chi connectivity index (χ0) is 15.0. The molecule has 1 atom stereocenters. The van der Waals surface area contributed by atoms with E-state index in [1.165, 1.54) is 23.5 Å². The van der Waals surface area contributed by atoms with Crippen molar-refractivity contribution in [2.75, 3.05) is 18.1 Å². The molecule has 114 valence electrons. The van der Waals surface area contributed by atoms with Crippen LogP contribution in [-0.4, -0.2) is 40.1 Å². The second kappa shape index (κ2) is 5.65. The van der Waals surface area contributed by atoms with E-state index < -0.39 is 5.97 Å². The number of aromatic carboxylic acids is 1. The highest BCUT2D eigenvalue weighted by Gasteiger charge is 2.33. The Labute approximate surface area is 130 Å². The molecule has 0 radical (unpaired) electrons. The summed E-state index contributed by atoms with van der Waals surface area (Å²) >= 11 is 2.06. The van der Waals surface area contributed by atoms with E-state index in [9.17, 15) is 9.90 Å². The van der Waals surface area contributed by atoms with Gasteiger partial charge < -0.3 is 5.11 Å². The fourth-order valence-electron chi connectivity index (χ4n) is 3.60. The first-order valence-electron chi connectivity index (χ1n) is 7.62. The van der Waals surface area contributed by atoms with Gasteiger partial charge in [-0.1, -0.05) is 26.0 Å². The van der Waals surface area contributed by atoms with Crippen molar-refractivity contribution in [3.05, 3.63) is 34.9 Å². The van der Waals surface area contributed by atoms with Gasteiger partial charge in [0.1, 0.15) is 0 Å². The molecule has 0 saturated carbocycles. The van der Waals surface area contributed by atoms with Gasteiger partial charge >= 0.3 is 5.97 Å². The van der Waals surface area contributed by atoms with Crippen LogP contribution in [0.1, 0.15) is 41.8 Å². The number of carboxylic acids is 1. The number of nitrogens with zero attached hydrogens (tertiary/aromatic N) is 1. The van der Waals surface area contributed by atoms with Gasteiger partial charge in [0, 0.05) is 24.9 Å². The van der Waals surface area contributed by atoms with Crippen molar-refractivity contribution in [1.29, 1.82) is 0 Å². The Morgan fingerprint density at radius 3 is 2.95 bits per heavy atom. The van der Waals surface area contributed by atoms with Gasteiger partial charge in [0.15, 0.2) is 0 Å². The minimum atomic E-state index is -0.797. The molecule has 1 unspecified atom stereocenters. The summed E-state index contributed by atoms with van der Waals surface area (Å²) in [6, 6.07) is 6.33. The molecule has 0 aliphatic carbocycles. The Morgan fingerprint density at radius 1 is 1.43 bits per heavy atom. The van der Waals surface area contributed by atoms with Gasteiger partial charge in [-0.05, 0) is 41.2 Å². The predicted molar refractivity (Wildman–Crippen MR) is 87.0 cm³/mol. The lowest BCUT2D eigenvalue weighted by Gasteiger charge is -2.42.